The molecule has 0 fully saturated rings. The van der Waals surface area contributed by atoms with Crippen LogP contribution >= 0.6 is 0 Å². The summed E-state index contributed by atoms with van der Waals surface area (Å²) in [6.07, 6.45) is 0. The maximum Gasteiger partial charge on any atom is 0.338 e. The topological polar surface area (TPSA) is 78.9 Å². The highest BCUT2D eigenvalue weighted by atomic mass is 19.1. The van der Waals surface area contributed by atoms with Crippen molar-refractivity contribution >= 4 is 17.9 Å². The molecule has 3 aromatic rings. The Balaban J connectivity index is 2.00. The molecule has 0 saturated heterocycles. The Morgan fingerprint density at radius 1 is 0.595 bits per heavy atom. The fraction of sp³-hybridized carbons (Fsp3) is 0.100. The average Bonchev–Trinajstić information content (AvgIpc) is 2.85. The summed E-state index contributed by atoms with van der Waals surface area (Å²) < 4.78 is 31.2. The average molecular weight is 501 g/mol. The molecule has 0 aromatic heterocycles. The van der Waals surface area contributed by atoms with E-state index in [1.807, 2.05) is 0 Å². The number of ether oxygens (including phenoxy) is 3. The molecule has 188 valence electrons. The quantitative estimate of drug-likeness (QED) is 0.197. The van der Waals surface area contributed by atoms with Gasteiger partial charge in [0.05, 0.1) is 0 Å². The summed E-state index contributed by atoms with van der Waals surface area (Å²) in [6, 6.07) is 15.2. The lowest BCUT2D eigenvalue weighted by atomic mass is 9.98. The van der Waals surface area contributed by atoms with Crippen LogP contribution in [-0.4, -0.2) is 17.9 Å². The Labute approximate surface area is 214 Å². The Hall–Kier alpha value is -4.78. The number of hydrogen-bond donors (Lipinski definition) is 0. The zero-order valence-electron chi connectivity index (χ0n) is 20.7. The van der Waals surface area contributed by atoms with Gasteiger partial charge in [0.1, 0.15) is 23.1 Å². The molecule has 37 heavy (non-hydrogen) atoms. The lowest BCUT2D eigenvalue weighted by molar-refractivity contribution is -0.130. The molecule has 0 aliphatic carbocycles. The van der Waals surface area contributed by atoms with E-state index in [4.69, 9.17) is 14.2 Å². The summed E-state index contributed by atoms with van der Waals surface area (Å²) in [5.74, 6) is -1.73. The van der Waals surface area contributed by atoms with Crippen molar-refractivity contribution in [2.24, 2.45) is 0 Å². The second-order valence-electron chi connectivity index (χ2n) is 8.39. The van der Waals surface area contributed by atoms with E-state index in [1.165, 1.54) is 57.2 Å². The smallest absolute Gasteiger partial charge is 0.338 e. The summed E-state index contributed by atoms with van der Waals surface area (Å²) in [4.78, 5) is 35.8. The molecule has 7 heteroatoms. The van der Waals surface area contributed by atoms with Gasteiger partial charge in [-0.2, -0.15) is 0 Å². The van der Waals surface area contributed by atoms with Gasteiger partial charge < -0.3 is 14.2 Å². The summed E-state index contributed by atoms with van der Waals surface area (Å²) in [7, 11) is 0. The fourth-order valence-electron chi connectivity index (χ4n) is 3.07. The molecule has 3 aromatic carbocycles. The third kappa shape index (κ3) is 6.67. The molecule has 6 nitrogen and oxygen atoms in total. The molecular weight excluding hydrogens is 475 g/mol. The predicted octanol–water partition coefficient (Wildman–Crippen LogP) is 6.60. The zero-order chi connectivity index (χ0) is 27.3. The Kier molecular flexibility index (Phi) is 8.19. The van der Waals surface area contributed by atoms with Gasteiger partial charge in [0.2, 0.25) is 0 Å². The van der Waals surface area contributed by atoms with Crippen LogP contribution in [0.5, 0.6) is 17.2 Å². The predicted molar refractivity (Wildman–Crippen MR) is 139 cm³/mol. The van der Waals surface area contributed by atoms with Crippen molar-refractivity contribution in [2.45, 2.75) is 20.8 Å². The highest BCUT2D eigenvalue weighted by Gasteiger charge is 2.18. The molecule has 0 atom stereocenters. The van der Waals surface area contributed by atoms with Crippen molar-refractivity contribution in [1.29, 1.82) is 0 Å². The fourth-order valence-corrected chi connectivity index (χ4v) is 3.07. The van der Waals surface area contributed by atoms with Crippen molar-refractivity contribution in [3.63, 3.8) is 0 Å². The summed E-state index contributed by atoms with van der Waals surface area (Å²) in [6.45, 7) is 15.2. The summed E-state index contributed by atoms with van der Waals surface area (Å²) >= 11 is 0. The standard InChI is InChI=1S/C30H25FO6/c1-17(2)28(32)35-22-11-7-20(8-12-22)24-16-27(37-30(34)19(5)6)25(15-26(24)31)21-9-13-23(14-10-21)36-29(33)18(3)4/h7-16H,1,3,5H2,2,4,6H3. The summed E-state index contributed by atoms with van der Waals surface area (Å²) in [5.41, 5.74) is 2.12. The van der Waals surface area contributed by atoms with E-state index >= 15 is 4.39 Å². The van der Waals surface area contributed by atoms with Crippen molar-refractivity contribution < 1.29 is 33.0 Å². The number of rotatable bonds is 8. The largest absolute Gasteiger partial charge is 0.423 e. The molecule has 0 aliphatic rings. The molecule has 0 radical (unpaired) electrons. The lowest BCUT2D eigenvalue weighted by Crippen LogP contribution is -2.10. The lowest BCUT2D eigenvalue weighted by Gasteiger charge is -2.14. The number of carbonyl (C=O) groups excluding carboxylic acids is 3. The number of benzene rings is 3. The van der Waals surface area contributed by atoms with Crippen LogP contribution in [0, 0.1) is 5.82 Å². The van der Waals surface area contributed by atoms with Gasteiger partial charge in [-0.3, -0.25) is 0 Å². The number of hydrogen-bond acceptors (Lipinski definition) is 6. The SMILES string of the molecule is C=C(C)C(=O)Oc1ccc(-c2cc(OC(=O)C(=C)C)c(-c3ccc(OC(=O)C(=C)C)cc3)cc2F)cc1. The molecule has 0 amide bonds. The second-order valence-corrected chi connectivity index (χ2v) is 8.39. The van der Waals surface area contributed by atoms with Crippen LogP contribution in [0.2, 0.25) is 0 Å². The van der Waals surface area contributed by atoms with Crippen LogP contribution in [0.15, 0.2) is 97.1 Å². The second kappa shape index (κ2) is 11.3. The first-order valence-corrected chi connectivity index (χ1v) is 11.1. The monoisotopic (exact) mass is 500 g/mol. The highest BCUT2D eigenvalue weighted by molar-refractivity contribution is 5.91. The van der Waals surface area contributed by atoms with Gasteiger partial charge >= 0.3 is 17.9 Å². The van der Waals surface area contributed by atoms with Crippen molar-refractivity contribution in [3.05, 3.63) is 103 Å². The van der Waals surface area contributed by atoms with Gasteiger partial charge in [-0.15, -0.1) is 0 Å². The van der Waals surface area contributed by atoms with Crippen LogP contribution in [0.25, 0.3) is 22.3 Å². The van der Waals surface area contributed by atoms with Crippen molar-refractivity contribution in [3.8, 4) is 39.5 Å². The van der Waals surface area contributed by atoms with E-state index in [0.717, 1.165) is 0 Å². The summed E-state index contributed by atoms with van der Waals surface area (Å²) in [5, 5.41) is 0. The van der Waals surface area contributed by atoms with Crippen LogP contribution in [-0.2, 0) is 14.4 Å². The molecule has 0 bridgehead atoms. The first kappa shape index (κ1) is 26.8. The van der Waals surface area contributed by atoms with E-state index in [9.17, 15) is 14.4 Å². The van der Waals surface area contributed by atoms with E-state index < -0.39 is 23.7 Å². The Bertz CT molecular complexity index is 1420. The number of esters is 3. The van der Waals surface area contributed by atoms with Crippen molar-refractivity contribution in [1.82, 2.24) is 0 Å². The number of carbonyl (C=O) groups is 3. The van der Waals surface area contributed by atoms with E-state index in [-0.39, 0.29) is 39.5 Å². The maximum atomic E-state index is 15.3. The minimum atomic E-state index is -0.673. The van der Waals surface area contributed by atoms with Gasteiger partial charge in [0, 0.05) is 27.8 Å². The molecule has 0 N–H and O–H groups in total. The minimum Gasteiger partial charge on any atom is -0.423 e. The van der Waals surface area contributed by atoms with Crippen LogP contribution in [0.3, 0.4) is 0 Å². The highest BCUT2D eigenvalue weighted by Crippen LogP contribution is 2.38. The molecule has 0 saturated carbocycles. The van der Waals surface area contributed by atoms with E-state index in [0.29, 0.717) is 16.7 Å². The molecule has 0 unspecified atom stereocenters. The molecule has 0 aliphatic heterocycles. The Morgan fingerprint density at radius 3 is 1.38 bits per heavy atom. The minimum absolute atomic E-state index is 0.105. The zero-order valence-corrected chi connectivity index (χ0v) is 20.7. The number of halogens is 1. The molecule has 0 spiro atoms. The van der Waals surface area contributed by atoms with E-state index in [1.54, 1.807) is 24.3 Å². The molecule has 3 rings (SSSR count). The van der Waals surface area contributed by atoms with E-state index in [2.05, 4.69) is 19.7 Å². The van der Waals surface area contributed by atoms with Gasteiger partial charge in [-0.1, -0.05) is 44.0 Å². The third-order valence-corrected chi connectivity index (χ3v) is 5.07. The van der Waals surface area contributed by atoms with Crippen LogP contribution in [0.1, 0.15) is 20.8 Å². The maximum absolute atomic E-state index is 15.3. The Morgan fingerprint density at radius 2 is 0.973 bits per heavy atom. The first-order valence-electron chi connectivity index (χ1n) is 11.1. The van der Waals surface area contributed by atoms with Gasteiger partial charge in [-0.05, 0) is 68.3 Å². The normalized spacial score (nSPS) is 10.3. The van der Waals surface area contributed by atoms with Crippen LogP contribution in [0.4, 0.5) is 4.39 Å². The van der Waals surface area contributed by atoms with Gasteiger partial charge in [0.15, 0.2) is 0 Å². The first-order chi connectivity index (χ1) is 17.5. The van der Waals surface area contributed by atoms with Crippen LogP contribution < -0.4 is 14.2 Å². The molecular formula is C30H25FO6. The van der Waals surface area contributed by atoms with Gasteiger partial charge in [0.25, 0.3) is 0 Å². The van der Waals surface area contributed by atoms with Gasteiger partial charge in [-0.25, -0.2) is 18.8 Å². The van der Waals surface area contributed by atoms with Crippen molar-refractivity contribution in [2.75, 3.05) is 0 Å². The third-order valence-electron chi connectivity index (χ3n) is 5.07. The molecule has 0 heterocycles.